The van der Waals surface area contributed by atoms with E-state index in [1.165, 1.54) is 5.56 Å². The monoisotopic (exact) mass is 274 g/mol. The van der Waals surface area contributed by atoms with Crippen molar-refractivity contribution >= 4 is 5.95 Å². The topological polar surface area (TPSA) is 83.2 Å². The van der Waals surface area contributed by atoms with Crippen molar-refractivity contribution in [2.24, 2.45) is 0 Å². The second kappa shape index (κ2) is 6.18. The minimum Gasteiger partial charge on any atom is -0.464 e. The lowest BCUT2D eigenvalue weighted by atomic mass is 10.0. The lowest BCUT2D eigenvalue weighted by Gasteiger charge is -2.09. The van der Waals surface area contributed by atoms with Crippen molar-refractivity contribution in [3.05, 3.63) is 29.8 Å². The van der Waals surface area contributed by atoms with Gasteiger partial charge in [0.1, 0.15) is 5.75 Å². The SMILES string of the molecule is CCOc1nc(N)nc(Oc2cccc(C(C)C)c2)n1. The molecule has 6 nitrogen and oxygen atoms in total. The third-order valence-electron chi connectivity index (χ3n) is 2.62. The van der Waals surface area contributed by atoms with Crippen molar-refractivity contribution in [2.75, 3.05) is 12.3 Å². The molecule has 106 valence electrons. The maximum absolute atomic E-state index is 5.61. The van der Waals surface area contributed by atoms with Crippen LogP contribution in [0.2, 0.25) is 0 Å². The first kappa shape index (κ1) is 14.0. The maximum Gasteiger partial charge on any atom is 0.330 e. The van der Waals surface area contributed by atoms with Gasteiger partial charge in [-0.15, -0.1) is 4.98 Å². The molecule has 1 heterocycles. The molecule has 0 atom stereocenters. The van der Waals surface area contributed by atoms with Gasteiger partial charge in [-0.05, 0) is 30.5 Å². The molecule has 0 aliphatic carbocycles. The molecule has 0 unspecified atom stereocenters. The van der Waals surface area contributed by atoms with Gasteiger partial charge >= 0.3 is 12.0 Å². The number of rotatable bonds is 5. The van der Waals surface area contributed by atoms with Crippen LogP contribution in [-0.2, 0) is 0 Å². The summed E-state index contributed by atoms with van der Waals surface area (Å²) in [6.07, 6.45) is 0. The summed E-state index contributed by atoms with van der Waals surface area (Å²) in [6, 6.07) is 8.05. The molecule has 0 fully saturated rings. The first-order valence-corrected chi connectivity index (χ1v) is 6.50. The number of ether oxygens (including phenoxy) is 2. The Labute approximate surface area is 118 Å². The van der Waals surface area contributed by atoms with Gasteiger partial charge in [0.15, 0.2) is 0 Å². The molecule has 0 radical (unpaired) electrons. The Hall–Kier alpha value is -2.37. The van der Waals surface area contributed by atoms with E-state index in [1.54, 1.807) is 0 Å². The molecule has 0 saturated carbocycles. The van der Waals surface area contributed by atoms with Crippen molar-refractivity contribution in [3.8, 4) is 17.8 Å². The summed E-state index contributed by atoms with van der Waals surface area (Å²) >= 11 is 0. The molecule has 20 heavy (non-hydrogen) atoms. The first-order chi connectivity index (χ1) is 9.58. The van der Waals surface area contributed by atoms with E-state index in [1.807, 2.05) is 31.2 Å². The Balaban J connectivity index is 2.23. The largest absolute Gasteiger partial charge is 0.464 e. The highest BCUT2D eigenvalue weighted by molar-refractivity contribution is 5.32. The van der Waals surface area contributed by atoms with Gasteiger partial charge in [0.25, 0.3) is 0 Å². The van der Waals surface area contributed by atoms with E-state index in [9.17, 15) is 0 Å². The predicted molar refractivity (Wildman–Crippen MR) is 76.0 cm³/mol. The Morgan fingerprint density at radius 2 is 1.90 bits per heavy atom. The number of nitrogen functional groups attached to an aromatic ring is 1. The fourth-order valence-electron chi connectivity index (χ4n) is 1.63. The van der Waals surface area contributed by atoms with Crippen molar-refractivity contribution in [1.29, 1.82) is 0 Å². The molecule has 0 bridgehead atoms. The third-order valence-corrected chi connectivity index (χ3v) is 2.62. The van der Waals surface area contributed by atoms with Gasteiger partial charge in [0.2, 0.25) is 5.95 Å². The lowest BCUT2D eigenvalue weighted by molar-refractivity contribution is 0.304. The fraction of sp³-hybridized carbons (Fsp3) is 0.357. The lowest BCUT2D eigenvalue weighted by Crippen LogP contribution is -2.04. The number of nitrogens with two attached hydrogens (primary N) is 1. The Bertz CT molecular complexity index is 587. The molecule has 1 aromatic heterocycles. The van der Waals surface area contributed by atoms with E-state index in [2.05, 4.69) is 28.8 Å². The Morgan fingerprint density at radius 1 is 1.15 bits per heavy atom. The molecule has 2 rings (SSSR count). The third kappa shape index (κ3) is 3.57. The summed E-state index contributed by atoms with van der Waals surface area (Å²) in [4.78, 5) is 11.9. The molecule has 0 amide bonds. The molecule has 2 N–H and O–H groups in total. The first-order valence-electron chi connectivity index (χ1n) is 6.50. The smallest absolute Gasteiger partial charge is 0.330 e. The standard InChI is InChI=1S/C14H18N4O2/c1-4-19-13-16-12(15)17-14(18-13)20-11-7-5-6-10(8-11)9(2)3/h5-9H,4H2,1-3H3,(H2,15,16,17,18). The highest BCUT2D eigenvalue weighted by Crippen LogP contribution is 2.24. The molecule has 1 aromatic carbocycles. The van der Waals surface area contributed by atoms with Crippen LogP contribution in [0.15, 0.2) is 24.3 Å². The van der Waals surface area contributed by atoms with Gasteiger partial charge < -0.3 is 15.2 Å². The zero-order valence-corrected chi connectivity index (χ0v) is 11.8. The van der Waals surface area contributed by atoms with Crippen LogP contribution in [0.25, 0.3) is 0 Å². The minimum absolute atomic E-state index is 0.0680. The van der Waals surface area contributed by atoms with Crippen LogP contribution in [0.1, 0.15) is 32.3 Å². The fourth-order valence-corrected chi connectivity index (χ4v) is 1.63. The predicted octanol–water partition coefficient (Wildman–Crippen LogP) is 2.77. The van der Waals surface area contributed by atoms with E-state index < -0.39 is 0 Å². The average molecular weight is 274 g/mol. The van der Waals surface area contributed by atoms with Crippen LogP contribution in [0, 0.1) is 0 Å². The summed E-state index contributed by atoms with van der Waals surface area (Å²) in [5, 5.41) is 0. The molecule has 0 aliphatic rings. The molecular formula is C14H18N4O2. The van der Waals surface area contributed by atoms with E-state index in [0.717, 1.165) is 0 Å². The summed E-state index contributed by atoms with van der Waals surface area (Å²) in [6.45, 7) is 6.53. The van der Waals surface area contributed by atoms with Gasteiger partial charge in [0.05, 0.1) is 6.61 Å². The maximum atomic E-state index is 5.61. The van der Waals surface area contributed by atoms with Gasteiger partial charge in [-0.1, -0.05) is 26.0 Å². The van der Waals surface area contributed by atoms with E-state index in [0.29, 0.717) is 18.3 Å². The highest BCUT2D eigenvalue weighted by atomic mass is 16.5. The van der Waals surface area contributed by atoms with Crippen LogP contribution in [0.4, 0.5) is 5.95 Å². The number of hydrogen-bond acceptors (Lipinski definition) is 6. The molecule has 0 saturated heterocycles. The summed E-state index contributed by atoms with van der Waals surface area (Å²) < 4.78 is 10.8. The minimum atomic E-state index is 0.0680. The summed E-state index contributed by atoms with van der Waals surface area (Å²) in [7, 11) is 0. The van der Waals surface area contributed by atoms with Gasteiger partial charge in [0, 0.05) is 0 Å². The highest BCUT2D eigenvalue weighted by Gasteiger charge is 2.08. The van der Waals surface area contributed by atoms with Crippen molar-refractivity contribution in [1.82, 2.24) is 15.0 Å². The second-order valence-corrected chi connectivity index (χ2v) is 4.52. The Morgan fingerprint density at radius 3 is 2.60 bits per heavy atom. The molecular weight excluding hydrogens is 256 g/mol. The molecule has 2 aromatic rings. The molecule has 0 spiro atoms. The number of anilines is 1. The number of benzene rings is 1. The summed E-state index contributed by atoms with van der Waals surface area (Å²) in [5.41, 5.74) is 6.77. The average Bonchev–Trinajstić information content (AvgIpc) is 2.38. The van der Waals surface area contributed by atoms with Gasteiger partial charge in [-0.3, -0.25) is 0 Å². The van der Waals surface area contributed by atoms with Gasteiger partial charge in [-0.2, -0.15) is 9.97 Å². The van der Waals surface area contributed by atoms with E-state index in [4.69, 9.17) is 15.2 Å². The quantitative estimate of drug-likeness (QED) is 0.902. The van der Waals surface area contributed by atoms with Crippen molar-refractivity contribution in [2.45, 2.75) is 26.7 Å². The van der Waals surface area contributed by atoms with Crippen LogP contribution in [-0.4, -0.2) is 21.6 Å². The summed E-state index contributed by atoms with van der Waals surface area (Å²) in [5.74, 6) is 1.14. The van der Waals surface area contributed by atoms with E-state index >= 15 is 0 Å². The number of aromatic nitrogens is 3. The Kier molecular flexibility index (Phi) is 4.34. The van der Waals surface area contributed by atoms with Crippen LogP contribution in [0.3, 0.4) is 0 Å². The normalized spacial score (nSPS) is 10.6. The number of hydrogen-bond donors (Lipinski definition) is 1. The van der Waals surface area contributed by atoms with Crippen molar-refractivity contribution < 1.29 is 9.47 Å². The number of nitrogens with zero attached hydrogens (tertiary/aromatic N) is 3. The zero-order chi connectivity index (χ0) is 14.5. The van der Waals surface area contributed by atoms with Crippen LogP contribution in [0.5, 0.6) is 17.8 Å². The van der Waals surface area contributed by atoms with Crippen LogP contribution < -0.4 is 15.2 Å². The van der Waals surface area contributed by atoms with Gasteiger partial charge in [-0.25, -0.2) is 0 Å². The molecule has 6 heteroatoms. The van der Waals surface area contributed by atoms with Crippen molar-refractivity contribution in [3.63, 3.8) is 0 Å². The second-order valence-electron chi connectivity index (χ2n) is 4.52. The molecule has 0 aliphatic heterocycles. The van der Waals surface area contributed by atoms with E-state index in [-0.39, 0.29) is 18.0 Å². The van der Waals surface area contributed by atoms with Crippen LogP contribution >= 0.6 is 0 Å². The zero-order valence-electron chi connectivity index (χ0n) is 11.8.